The van der Waals surface area contributed by atoms with Crippen LogP contribution in [-0.4, -0.2) is 45.8 Å². The quantitative estimate of drug-likeness (QED) is 0.373. The first-order valence-corrected chi connectivity index (χ1v) is 11.1. The lowest BCUT2D eigenvalue weighted by atomic mass is 10.2. The Morgan fingerprint density at radius 1 is 0.909 bits per heavy atom. The van der Waals surface area contributed by atoms with Crippen molar-refractivity contribution in [1.29, 1.82) is 0 Å². The minimum absolute atomic E-state index is 0.0913. The molecule has 0 atom stereocenters. The van der Waals surface area contributed by atoms with Gasteiger partial charge in [0.2, 0.25) is 0 Å². The summed E-state index contributed by atoms with van der Waals surface area (Å²) in [7, 11) is 0.863. The predicted molar refractivity (Wildman–Crippen MR) is 123 cm³/mol. The fourth-order valence-electron chi connectivity index (χ4n) is 3.02. The Bertz CT molecular complexity index is 1180. The van der Waals surface area contributed by atoms with Crippen LogP contribution in [-0.2, 0) is 20.9 Å². The van der Waals surface area contributed by atoms with E-state index in [0.717, 1.165) is 13.4 Å². The number of nitrogen functional groups attached to an aromatic ring is 1. The molecule has 0 saturated heterocycles. The number of fused-ring (bicyclic) bond motifs is 1. The van der Waals surface area contributed by atoms with Gasteiger partial charge in [0.15, 0.2) is 5.82 Å². The minimum atomic E-state index is -0.703. The Morgan fingerprint density at radius 2 is 1.48 bits per heavy atom. The summed E-state index contributed by atoms with van der Waals surface area (Å²) in [6.45, 7) is -0.113. The number of carbonyl (C=O) groups excluding carboxylic acids is 2. The van der Waals surface area contributed by atoms with E-state index in [-0.39, 0.29) is 19.9 Å². The van der Waals surface area contributed by atoms with E-state index >= 15 is 0 Å². The van der Waals surface area contributed by atoms with Crippen molar-refractivity contribution < 1.29 is 23.8 Å². The molecule has 2 aromatic carbocycles. The number of nitrogens with zero attached hydrogens (tertiary/aromatic N) is 3. The van der Waals surface area contributed by atoms with Gasteiger partial charge in [0.25, 0.3) is 0 Å². The van der Waals surface area contributed by atoms with Crippen molar-refractivity contribution >= 4 is 36.7 Å². The molecule has 0 aliphatic carbocycles. The summed E-state index contributed by atoms with van der Waals surface area (Å²) in [5.74, 6) is 1.21. The molecule has 2 aromatic heterocycles. The Morgan fingerprint density at radius 3 is 2.06 bits per heavy atom. The number of hydrogen-bond donors (Lipinski definition) is 1. The van der Waals surface area contributed by atoms with Crippen LogP contribution in [0, 0.1) is 0 Å². The third-order valence-electron chi connectivity index (χ3n) is 4.71. The lowest BCUT2D eigenvalue weighted by Gasteiger charge is -2.19. The monoisotopic (exact) mass is 464 g/mol. The number of benzene rings is 2. The standard InChI is InChI=1S/C23H21N4O5P/c24-20-19-21(26-13-25-20)33-15-27(19)14-32-18(11-30-22(28)16-7-3-1-4-8-16)12-31-23(29)17-9-5-2-6-10-17/h1-10,13,15,18H,11-12,14H2,(H2,24,25,26). The van der Waals surface area contributed by atoms with Crippen molar-refractivity contribution in [1.82, 2.24) is 14.5 Å². The number of ether oxygens (including phenoxy) is 3. The molecule has 2 heterocycles. The van der Waals surface area contributed by atoms with Crippen molar-refractivity contribution in [3.8, 4) is 0 Å². The minimum Gasteiger partial charge on any atom is -0.459 e. The second kappa shape index (κ2) is 10.7. The highest BCUT2D eigenvalue weighted by molar-refractivity contribution is 7.35. The molecule has 0 bridgehead atoms. The van der Waals surface area contributed by atoms with Crippen LogP contribution in [0.2, 0.25) is 0 Å². The normalized spacial score (nSPS) is 11.2. The van der Waals surface area contributed by atoms with Crippen LogP contribution in [0.1, 0.15) is 20.7 Å². The van der Waals surface area contributed by atoms with Gasteiger partial charge in [-0.1, -0.05) is 36.4 Å². The number of aromatic nitrogens is 3. The van der Waals surface area contributed by atoms with Crippen molar-refractivity contribution in [3.05, 3.63) is 84.0 Å². The summed E-state index contributed by atoms with van der Waals surface area (Å²) in [5, 5.41) is 0.772. The Labute approximate surface area is 191 Å². The van der Waals surface area contributed by atoms with Gasteiger partial charge in [-0.05, 0) is 32.5 Å². The van der Waals surface area contributed by atoms with E-state index in [9.17, 15) is 9.59 Å². The van der Waals surface area contributed by atoms with Crippen LogP contribution in [0.4, 0.5) is 5.82 Å². The Kier molecular flexibility index (Phi) is 7.24. The SMILES string of the molecule is Nc1ncnc2pcn(COC(COC(=O)c3ccccc3)COC(=O)c3ccccc3)c12. The smallest absolute Gasteiger partial charge is 0.338 e. The highest BCUT2D eigenvalue weighted by Crippen LogP contribution is 2.26. The topological polar surface area (TPSA) is 119 Å². The van der Waals surface area contributed by atoms with E-state index in [0.29, 0.717) is 22.5 Å². The molecular formula is C23H21N4O5P. The molecule has 168 valence electrons. The number of esters is 2. The van der Waals surface area contributed by atoms with Crippen molar-refractivity contribution in [2.45, 2.75) is 12.8 Å². The molecule has 0 unspecified atom stereocenters. The molecule has 0 aliphatic heterocycles. The maximum absolute atomic E-state index is 12.3. The zero-order chi connectivity index (χ0) is 23.0. The maximum Gasteiger partial charge on any atom is 0.338 e. The number of rotatable bonds is 9. The van der Waals surface area contributed by atoms with Gasteiger partial charge in [-0.3, -0.25) is 0 Å². The first-order chi connectivity index (χ1) is 16.1. The van der Waals surface area contributed by atoms with E-state index in [1.165, 1.54) is 6.33 Å². The summed E-state index contributed by atoms with van der Waals surface area (Å²) >= 11 is 0. The number of hydrogen-bond acceptors (Lipinski definition) is 8. The third kappa shape index (κ3) is 5.71. The van der Waals surface area contributed by atoms with E-state index in [2.05, 4.69) is 9.97 Å². The average molecular weight is 464 g/mol. The van der Waals surface area contributed by atoms with Gasteiger partial charge in [-0.2, -0.15) is 0 Å². The lowest BCUT2D eigenvalue weighted by Crippen LogP contribution is -2.29. The van der Waals surface area contributed by atoms with E-state index < -0.39 is 18.0 Å². The predicted octanol–water partition coefficient (Wildman–Crippen LogP) is 3.65. The zero-order valence-corrected chi connectivity index (χ0v) is 18.4. The van der Waals surface area contributed by atoms with Crippen molar-refractivity contribution in [2.75, 3.05) is 18.9 Å². The molecule has 9 nitrogen and oxygen atoms in total. The number of nitrogens with two attached hydrogens (primary N) is 1. The molecule has 2 N–H and O–H groups in total. The zero-order valence-electron chi connectivity index (χ0n) is 17.5. The second-order valence-electron chi connectivity index (χ2n) is 6.99. The fourth-order valence-corrected chi connectivity index (χ4v) is 3.93. The third-order valence-corrected chi connectivity index (χ3v) is 5.67. The molecule has 0 aliphatic rings. The molecule has 0 saturated carbocycles. The van der Waals surface area contributed by atoms with Crippen LogP contribution < -0.4 is 5.73 Å². The van der Waals surface area contributed by atoms with Crippen LogP contribution in [0.25, 0.3) is 10.8 Å². The van der Waals surface area contributed by atoms with Crippen LogP contribution in [0.5, 0.6) is 0 Å². The average Bonchev–Trinajstić information content (AvgIpc) is 3.28. The molecule has 0 fully saturated rings. The molecule has 10 heteroatoms. The lowest BCUT2D eigenvalue weighted by molar-refractivity contribution is -0.0613. The van der Waals surface area contributed by atoms with Gasteiger partial charge in [0.1, 0.15) is 43.1 Å². The van der Waals surface area contributed by atoms with Crippen LogP contribution >= 0.6 is 8.19 Å². The van der Waals surface area contributed by atoms with Crippen molar-refractivity contribution in [2.24, 2.45) is 0 Å². The molecule has 4 rings (SSSR count). The highest BCUT2D eigenvalue weighted by atomic mass is 31.0. The van der Waals surface area contributed by atoms with Gasteiger partial charge in [0, 0.05) is 5.93 Å². The summed E-state index contributed by atoms with van der Waals surface area (Å²) in [5.41, 5.74) is 7.49. The first kappa shape index (κ1) is 22.4. The molecule has 0 spiro atoms. The van der Waals surface area contributed by atoms with E-state index in [1.54, 1.807) is 53.1 Å². The van der Waals surface area contributed by atoms with Gasteiger partial charge >= 0.3 is 11.9 Å². The molecule has 4 aromatic rings. The highest BCUT2D eigenvalue weighted by Gasteiger charge is 2.18. The number of anilines is 1. The number of carbonyl (C=O) groups is 2. The van der Waals surface area contributed by atoms with Crippen molar-refractivity contribution in [3.63, 3.8) is 0 Å². The maximum atomic E-state index is 12.3. The molecule has 0 amide bonds. The van der Waals surface area contributed by atoms with Crippen LogP contribution in [0.3, 0.4) is 0 Å². The first-order valence-electron chi connectivity index (χ1n) is 10.1. The summed E-state index contributed by atoms with van der Waals surface area (Å²) in [6.07, 6.45) is 0.708. The molecule has 0 radical (unpaired) electrons. The Balaban J connectivity index is 1.42. The van der Waals surface area contributed by atoms with Gasteiger partial charge in [0.05, 0.1) is 11.1 Å². The summed E-state index contributed by atoms with van der Waals surface area (Å²) in [6, 6.07) is 17.2. The van der Waals surface area contributed by atoms with Gasteiger partial charge in [-0.25, -0.2) is 19.6 Å². The second-order valence-corrected chi connectivity index (χ2v) is 7.90. The fraction of sp³-hybridized carbons (Fsp3) is 0.174. The molecular weight excluding hydrogens is 443 g/mol. The summed E-state index contributed by atoms with van der Waals surface area (Å²) in [4.78, 5) is 32.9. The van der Waals surface area contributed by atoms with Crippen LogP contribution in [0.15, 0.2) is 72.9 Å². The van der Waals surface area contributed by atoms with E-state index in [4.69, 9.17) is 19.9 Å². The van der Waals surface area contributed by atoms with E-state index in [1.807, 2.05) is 18.1 Å². The Hall–Kier alpha value is -3.81. The summed E-state index contributed by atoms with van der Waals surface area (Å²) < 4.78 is 18.5. The molecule has 33 heavy (non-hydrogen) atoms. The largest absolute Gasteiger partial charge is 0.459 e. The van der Waals surface area contributed by atoms with Gasteiger partial charge < -0.3 is 24.5 Å². The van der Waals surface area contributed by atoms with Gasteiger partial charge in [-0.15, -0.1) is 0 Å².